The Bertz CT molecular complexity index is 203. The van der Waals surface area contributed by atoms with Crippen LogP contribution in [0.15, 0.2) is 30.3 Å². The van der Waals surface area contributed by atoms with E-state index in [-0.39, 0.29) is 0 Å². The third kappa shape index (κ3) is 3.85. The molecule has 2 nitrogen and oxygen atoms in total. The number of benzene rings is 1. The summed E-state index contributed by atoms with van der Waals surface area (Å²) in [4.78, 5) is 5.18. The zero-order valence-electron chi connectivity index (χ0n) is 6.79. The van der Waals surface area contributed by atoms with Crippen molar-refractivity contribution in [3.05, 3.63) is 35.9 Å². The van der Waals surface area contributed by atoms with Crippen LogP contribution in [0.5, 0.6) is 0 Å². The Balaban J connectivity index is 2.16. The van der Waals surface area contributed by atoms with Gasteiger partial charge in [-0.3, -0.25) is 4.84 Å². The van der Waals surface area contributed by atoms with Gasteiger partial charge in [0.05, 0.1) is 6.61 Å². The Kier molecular flexibility index (Phi) is 4.99. The highest BCUT2D eigenvalue weighted by atomic mass is 79.9. The van der Waals surface area contributed by atoms with Crippen molar-refractivity contribution in [3.63, 3.8) is 0 Å². The highest BCUT2D eigenvalue weighted by Gasteiger charge is 1.89. The van der Waals surface area contributed by atoms with Crippen molar-refractivity contribution in [1.82, 2.24) is 5.48 Å². The highest BCUT2D eigenvalue weighted by Crippen LogP contribution is 1.98. The Morgan fingerprint density at radius 1 is 1.25 bits per heavy atom. The van der Waals surface area contributed by atoms with E-state index >= 15 is 0 Å². The maximum absolute atomic E-state index is 5.18. The van der Waals surface area contributed by atoms with E-state index in [1.54, 1.807) is 0 Å². The smallest absolute Gasteiger partial charge is 0.0933 e. The van der Waals surface area contributed by atoms with Gasteiger partial charge in [-0.1, -0.05) is 46.3 Å². The first-order valence-electron chi connectivity index (χ1n) is 3.88. The molecule has 0 spiro atoms. The molecule has 0 atom stereocenters. The molecule has 0 saturated carbocycles. The summed E-state index contributed by atoms with van der Waals surface area (Å²) in [7, 11) is 0. The van der Waals surface area contributed by atoms with Crippen LogP contribution in [0.1, 0.15) is 5.56 Å². The monoisotopic (exact) mass is 229 g/mol. The lowest BCUT2D eigenvalue weighted by Gasteiger charge is -2.03. The summed E-state index contributed by atoms with van der Waals surface area (Å²) < 4.78 is 0. The van der Waals surface area contributed by atoms with Crippen molar-refractivity contribution < 1.29 is 4.84 Å². The first kappa shape index (κ1) is 9.71. The number of hydrogen-bond acceptors (Lipinski definition) is 2. The average Bonchev–Trinajstić information content (AvgIpc) is 2.14. The summed E-state index contributed by atoms with van der Waals surface area (Å²) in [6.45, 7) is 1.45. The fraction of sp³-hybridized carbons (Fsp3) is 0.333. The van der Waals surface area contributed by atoms with Gasteiger partial charge in [-0.05, 0) is 5.56 Å². The van der Waals surface area contributed by atoms with Crippen LogP contribution in [0.3, 0.4) is 0 Å². The molecule has 0 amide bonds. The Morgan fingerprint density at radius 3 is 2.67 bits per heavy atom. The lowest BCUT2D eigenvalue weighted by Crippen LogP contribution is -2.16. The van der Waals surface area contributed by atoms with Gasteiger partial charge < -0.3 is 0 Å². The first-order chi connectivity index (χ1) is 5.93. The van der Waals surface area contributed by atoms with Gasteiger partial charge in [0.2, 0.25) is 0 Å². The van der Waals surface area contributed by atoms with Crippen molar-refractivity contribution in [2.75, 3.05) is 11.9 Å². The van der Waals surface area contributed by atoms with Crippen LogP contribution in [0.4, 0.5) is 0 Å². The predicted octanol–water partition coefficient (Wildman–Crippen LogP) is 2.10. The van der Waals surface area contributed by atoms with Crippen LogP contribution >= 0.6 is 15.9 Å². The molecule has 0 radical (unpaired) electrons. The van der Waals surface area contributed by atoms with Gasteiger partial charge in [0.1, 0.15) is 0 Å². The number of hydroxylamine groups is 1. The minimum Gasteiger partial charge on any atom is -0.297 e. The second kappa shape index (κ2) is 6.17. The Morgan fingerprint density at radius 2 is 2.00 bits per heavy atom. The van der Waals surface area contributed by atoms with E-state index in [2.05, 4.69) is 21.4 Å². The summed E-state index contributed by atoms with van der Waals surface area (Å²) in [5, 5.41) is 0.905. The van der Waals surface area contributed by atoms with E-state index in [0.29, 0.717) is 6.61 Å². The minimum atomic E-state index is 0.619. The molecule has 1 rings (SSSR count). The predicted molar refractivity (Wildman–Crippen MR) is 53.0 cm³/mol. The number of alkyl halides is 1. The van der Waals surface area contributed by atoms with Crippen molar-refractivity contribution in [1.29, 1.82) is 0 Å². The molecule has 0 fully saturated rings. The van der Waals surface area contributed by atoms with Gasteiger partial charge >= 0.3 is 0 Å². The fourth-order valence-electron chi connectivity index (χ4n) is 0.819. The molecule has 0 aliphatic heterocycles. The number of hydrogen-bond donors (Lipinski definition) is 1. The normalized spacial score (nSPS) is 10.1. The lowest BCUT2D eigenvalue weighted by atomic mass is 10.2. The Labute approximate surface area is 81.0 Å². The zero-order valence-corrected chi connectivity index (χ0v) is 8.38. The SMILES string of the molecule is BrCCNOCc1ccccc1. The topological polar surface area (TPSA) is 21.3 Å². The molecule has 0 unspecified atom stereocenters. The van der Waals surface area contributed by atoms with Crippen LogP contribution < -0.4 is 5.48 Å². The summed E-state index contributed by atoms with van der Waals surface area (Å²) in [6.07, 6.45) is 0. The van der Waals surface area contributed by atoms with E-state index in [0.717, 1.165) is 11.9 Å². The molecule has 0 aliphatic carbocycles. The lowest BCUT2D eigenvalue weighted by molar-refractivity contribution is 0.0322. The van der Waals surface area contributed by atoms with Gasteiger partial charge in [-0.25, -0.2) is 5.48 Å². The van der Waals surface area contributed by atoms with Gasteiger partial charge in [0.25, 0.3) is 0 Å². The van der Waals surface area contributed by atoms with Crippen LogP contribution in [0.2, 0.25) is 0 Å². The molecule has 1 aromatic carbocycles. The van der Waals surface area contributed by atoms with Crippen LogP contribution in [0.25, 0.3) is 0 Å². The zero-order chi connectivity index (χ0) is 8.65. The van der Waals surface area contributed by atoms with Gasteiger partial charge in [0, 0.05) is 11.9 Å². The molecule has 12 heavy (non-hydrogen) atoms. The molecule has 1 N–H and O–H groups in total. The van der Waals surface area contributed by atoms with E-state index in [1.165, 1.54) is 5.56 Å². The molecule has 66 valence electrons. The van der Waals surface area contributed by atoms with E-state index < -0.39 is 0 Å². The van der Waals surface area contributed by atoms with E-state index in [9.17, 15) is 0 Å². The molecule has 0 aliphatic rings. The molecule has 0 bridgehead atoms. The van der Waals surface area contributed by atoms with Gasteiger partial charge in [-0.2, -0.15) is 0 Å². The van der Waals surface area contributed by atoms with Gasteiger partial charge in [0.15, 0.2) is 0 Å². The average molecular weight is 230 g/mol. The maximum Gasteiger partial charge on any atom is 0.0933 e. The molecule has 0 saturated heterocycles. The van der Waals surface area contributed by atoms with Crippen molar-refractivity contribution >= 4 is 15.9 Å². The summed E-state index contributed by atoms with van der Waals surface area (Å²) in [5.74, 6) is 0. The largest absolute Gasteiger partial charge is 0.297 e. The van der Waals surface area contributed by atoms with Crippen molar-refractivity contribution in [2.45, 2.75) is 6.61 Å². The molecule has 0 aromatic heterocycles. The molecule has 1 aromatic rings. The molecular formula is C9H12BrNO. The number of nitrogens with one attached hydrogen (secondary N) is 1. The first-order valence-corrected chi connectivity index (χ1v) is 5.00. The quantitative estimate of drug-likeness (QED) is 0.475. The molecular weight excluding hydrogens is 218 g/mol. The van der Waals surface area contributed by atoms with E-state index in [4.69, 9.17) is 4.84 Å². The summed E-state index contributed by atoms with van der Waals surface area (Å²) in [6, 6.07) is 10.1. The highest BCUT2D eigenvalue weighted by molar-refractivity contribution is 9.09. The van der Waals surface area contributed by atoms with Crippen LogP contribution in [-0.2, 0) is 11.4 Å². The standard InChI is InChI=1S/C9H12BrNO/c10-6-7-11-12-8-9-4-2-1-3-5-9/h1-5,11H,6-8H2. The second-order valence-electron chi connectivity index (χ2n) is 2.36. The molecule has 0 heterocycles. The van der Waals surface area contributed by atoms with Gasteiger partial charge in [-0.15, -0.1) is 0 Å². The van der Waals surface area contributed by atoms with Crippen LogP contribution in [0, 0.1) is 0 Å². The number of halogens is 1. The minimum absolute atomic E-state index is 0.619. The third-order valence-electron chi connectivity index (χ3n) is 1.38. The second-order valence-corrected chi connectivity index (χ2v) is 3.15. The van der Waals surface area contributed by atoms with Crippen LogP contribution in [-0.4, -0.2) is 11.9 Å². The van der Waals surface area contributed by atoms with Crippen molar-refractivity contribution in [3.8, 4) is 0 Å². The Hall–Kier alpha value is -0.380. The van der Waals surface area contributed by atoms with E-state index in [1.807, 2.05) is 30.3 Å². The maximum atomic E-state index is 5.18. The summed E-state index contributed by atoms with van der Waals surface area (Å²) >= 11 is 3.29. The third-order valence-corrected chi connectivity index (χ3v) is 1.78. The van der Waals surface area contributed by atoms with Crippen molar-refractivity contribution in [2.24, 2.45) is 0 Å². The fourth-order valence-corrected chi connectivity index (χ4v) is 0.981. The number of rotatable bonds is 5. The molecule has 3 heteroatoms. The summed E-state index contributed by atoms with van der Waals surface area (Å²) in [5.41, 5.74) is 4.02.